The van der Waals surface area contributed by atoms with Gasteiger partial charge in [0.2, 0.25) is 0 Å². The second kappa shape index (κ2) is 6.31. The van der Waals surface area contributed by atoms with E-state index in [-0.39, 0.29) is 18.6 Å². The molecule has 2 aromatic heterocycles. The molecule has 0 saturated carbocycles. The monoisotopic (exact) mass is 292 g/mol. The number of methoxy groups -OCH3 is 1. The van der Waals surface area contributed by atoms with Crippen LogP contribution in [0.5, 0.6) is 0 Å². The summed E-state index contributed by atoms with van der Waals surface area (Å²) in [6, 6.07) is 0.748. The number of hydrogen-bond donors (Lipinski definition) is 2. The number of carbonyl (C=O) groups is 2. The Bertz CT molecular complexity index is 667. The number of aromatic nitrogens is 3. The first-order valence-electron chi connectivity index (χ1n) is 6.36. The van der Waals surface area contributed by atoms with E-state index in [1.54, 1.807) is 19.2 Å². The molecule has 2 N–H and O–H groups in total. The molecule has 0 aliphatic rings. The number of rotatable bonds is 6. The van der Waals surface area contributed by atoms with Gasteiger partial charge >= 0.3 is 5.97 Å². The summed E-state index contributed by atoms with van der Waals surface area (Å²) in [6.45, 7) is 2.04. The molecule has 0 aliphatic heterocycles. The van der Waals surface area contributed by atoms with Crippen molar-refractivity contribution in [3.63, 3.8) is 0 Å². The summed E-state index contributed by atoms with van der Waals surface area (Å²) >= 11 is 0. The third-order valence-electron chi connectivity index (χ3n) is 2.97. The molecular weight excluding hydrogens is 276 g/mol. The van der Waals surface area contributed by atoms with Crippen LogP contribution in [0.15, 0.2) is 18.5 Å². The van der Waals surface area contributed by atoms with Gasteiger partial charge in [0.15, 0.2) is 5.65 Å². The number of fused-ring (bicyclic) bond motifs is 1. The van der Waals surface area contributed by atoms with E-state index in [0.29, 0.717) is 5.65 Å². The van der Waals surface area contributed by atoms with Gasteiger partial charge in [-0.25, -0.2) is 14.3 Å². The van der Waals surface area contributed by atoms with Crippen molar-refractivity contribution in [3.05, 3.63) is 29.7 Å². The number of amides is 1. The Labute approximate surface area is 120 Å². The maximum atomic E-state index is 12.2. The average Bonchev–Trinajstić information content (AvgIpc) is 2.85. The largest absolute Gasteiger partial charge is 0.480 e. The number of carboxylic acids is 1. The first kappa shape index (κ1) is 14.9. The lowest BCUT2D eigenvalue weighted by atomic mass is 10.2. The Balaban J connectivity index is 2.21. The van der Waals surface area contributed by atoms with E-state index in [1.807, 2.05) is 0 Å². The lowest BCUT2D eigenvalue weighted by Gasteiger charge is -2.13. The molecule has 8 heteroatoms. The van der Waals surface area contributed by atoms with Crippen LogP contribution in [0.3, 0.4) is 0 Å². The van der Waals surface area contributed by atoms with Crippen LogP contribution in [0.2, 0.25) is 0 Å². The van der Waals surface area contributed by atoms with Crippen LogP contribution < -0.4 is 5.32 Å². The predicted molar refractivity (Wildman–Crippen MR) is 73.1 cm³/mol. The van der Waals surface area contributed by atoms with Gasteiger partial charge in [-0.05, 0) is 13.0 Å². The first-order chi connectivity index (χ1) is 10.0. The number of nitrogens with one attached hydrogen (secondary N) is 1. The summed E-state index contributed by atoms with van der Waals surface area (Å²) in [5, 5.41) is 15.6. The number of nitrogens with zero attached hydrogens (tertiary/aromatic N) is 3. The highest BCUT2D eigenvalue weighted by atomic mass is 16.5. The molecular formula is C13H16N4O4. The standard InChI is InChI=1S/C13H16N4O4/c1-8-3-5-17-11(15-8)9(7-14-17)12(18)16-10(13(19)20)4-6-21-2/h3,5,7,10H,4,6H2,1-2H3,(H,16,18)(H,19,20). The van der Waals surface area contributed by atoms with Crippen molar-refractivity contribution in [2.45, 2.75) is 19.4 Å². The van der Waals surface area contributed by atoms with Gasteiger partial charge in [0, 0.05) is 32.0 Å². The summed E-state index contributed by atoms with van der Waals surface area (Å²) in [4.78, 5) is 27.6. The highest BCUT2D eigenvalue weighted by Gasteiger charge is 2.22. The number of aryl methyl sites for hydroxylation is 1. The predicted octanol–water partition coefficient (Wildman–Crippen LogP) is 0.257. The molecule has 0 fully saturated rings. The first-order valence-corrected chi connectivity index (χ1v) is 6.36. The van der Waals surface area contributed by atoms with E-state index >= 15 is 0 Å². The Morgan fingerprint density at radius 3 is 2.95 bits per heavy atom. The van der Waals surface area contributed by atoms with Crippen molar-refractivity contribution in [1.82, 2.24) is 19.9 Å². The van der Waals surface area contributed by atoms with E-state index in [2.05, 4.69) is 15.4 Å². The van der Waals surface area contributed by atoms with Crippen LogP contribution in [-0.2, 0) is 9.53 Å². The lowest BCUT2D eigenvalue weighted by Crippen LogP contribution is -2.41. The molecule has 1 unspecified atom stereocenters. The van der Waals surface area contributed by atoms with Crippen LogP contribution >= 0.6 is 0 Å². The molecule has 21 heavy (non-hydrogen) atoms. The second-order valence-electron chi connectivity index (χ2n) is 4.54. The van der Waals surface area contributed by atoms with Crippen LogP contribution in [0.4, 0.5) is 0 Å². The van der Waals surface area contributed by atoms with Gasteiger partial charge in [-0.2, -0.15) is 5.10 Å². The SMILES string of the molecule is COCCC(NC(=O)c1cnn2ccc(C)nc12)C(=O)O. The fourth-order valence-electron chi connectivity index (χ4n) is 1.85. The summed E-state index contributed by atoms with van der Waals surface area (Å²) in [6.07, 6.45) is 3.24. The van der Waals surface area contributed by atoms with Gasteiger partial charge in [-0.1, -0.05) is 0 Å². The molecule has 112 valence electrons. The topological polar surface area (TPSA) is 106 Å². The Morgan fingerprint density at radius 2 is 2.29 bits per heavy atom. The van der Waals surface area contributed by atoms with E-state index in [9.17, 15) is 9.59 Å². The van der Waals surface area contributed by atoms with Gasteiger partial charge in [-0.15, -0.1) is 0 Å². The van der Waals surface area contributed by atoms with Gasteiger partial charge in [0.25, 0.3) is 5.91 Å². The van der Waals surface area contributed by atoms with Gasteiger partial charge < -0.3 is 15.2 Å². The molecule has 0 radical (unpaired) electrons. The third-order valence-corrected chi connectivity index (χ3v) is 2.97. The maximum absolute atomic E-state index is 12.2. The second-order valence-corrected chi connectivity index (χ2v) is 4.54. The van der Waals surface area contributed by atoms with E-state index in [0.717, 1.165) is 5.69 Å². The summed E-state index contributed by atoms with van der Waals surface area (Å²) < 4.78 is 6.30. The molecule has 8 nitrogen and oxygen atoms in total. The number of carboxylic acid groups (broad SMARTS) is 1. The zero-order valence-electron chi connectivity index (χ0n) is 11.7. The molecule has 0 saturated heterocycles. The minimum Gasteiger partial charge on any atom is -0.480 e. The molecule has 2 heterocycles. The summed E-state index contributed by atoms with van der Waals surface area (Å²) in [5.74, 6) is -1.63. The third kappa shape index (κ3) is 3.34. The van der Waals surface area contributed by atoms with Crippen molar-refractivity contribution in [3.8, 4) is 0 Å². The van der Waals surface area contributed by atoms with Gasteiger partial charge in [0.1, 0.15) is 11.6 Å². The zero-order valence-corrected chi connectivity index (χ0v) is 11.7. The minimum absolute atomic E-state index is 0.184. The van der Waals surface area contributed by atoms with Crippen molar-refractivity contribution in [1.29, 1.82) is 0 Å². The molecule has 2 aromatic rings. The van der Waals surface area contributed by atoms with E-state index in [1.165, 1.54) is 17.8 Å². The zero-order chi connectivity index (χ0) is 15.4. The smallest absolute Gasteiger partial charge is 0.326 e. The number of hydrogen-bond acceptors (Lipinski definition) is 5. The normalized spacial score (nSPS) is 12.3. The minimum atomic E-state index is -1.11. The molecule has 1 atom stereocenters. The Hall–Kier alpha value is -2.48. The van der Waals surface area contributed by atoms with Crippen molar-refractivity contribution in [2.75, 3.05) is 13.7 Å². The average molecular weight is 292 g/mol. The van der Waals surface area contributed by atoms with E-state index < -0.39 is 17.9 Å². The fourth-order valence-corrected chi connectivity index (χ4v) is 1.85. The lowest BCUT2D eigenvalue weighted by molar-refractivity contribution is -0.139. The van der Waals surface area contributed by atoms with Crippen LogP contribution in [0.1, 0.15) is 22.5 Å². The Kier molecular flexibility index (Phi) is 4.49. The fraction of sp³-hybridized carbons (Fsp3) is 0.385. The molecule has 0 aromatic carbocycles. The van der Waals surface area contributed by atoms with E-state index in [4.69, 9.17) is 9.84 Å². The highest BCUT2D eigenvalue weighted by Crippen LogP contribution is 2.09. The van der Waals surface area contributed by atoms with Crippen molar-refractivity contribution in [2.24, 2.45) is 0 Å². The number of aliphatic carboxylic acids is 1. The molecule has 2 rings (SSSR count). The summed E-state index contributed by atoms with van der Waals surface area (Å²) in [5.41, 5.74) is 1.37. The van der Waals surface area contributed by atoms with Crippen molar-refractivity contribution >= 4 is 17.5 Å². The van der Waals surface area contributed by atoms with Crippen LogP contribution in [0, 0.1) is 6.92 Å². The molecule has 1 amide bonds. The highest BCUT2D eigenvalue weighted by molar-refractivity contribution is 6.01. The van der Waals surface area contributed by atoms with Crippen LogP contribution in [0.25, 0.3) is 5.65 Å². The van der Waals surface area contributed by atoms with Gasteiger partial charge in [-0.3, -0.25) is 4.79 Å². The van der Waals surface area contributed by atoms with Gasteiger partial charge in [0.05, 0.1) is 6.20 Å². The molecule has 0 bridgehead atoms. The number of ether oxygens (including phenoxy) is 1. The molecule has 0 aliphatic carbocycles. The number of carbonyl (C=O) groups excluding carboxylic acids is 1. The Morgan fingerprint density at radius 1 is 1.52 bits per heavy atom. The quantitative estimate of drug-likeness (QED) is 0.791. The van der Waals surface area contributed by atoms with Crippen molar-refractivity contribution < 1.29 is 19.4 Å². The molecule has 0 spiro atoms. The maximum Gasteiger partial charge on any atom is 0.326 e. The van der Waals surface area contributed by atoms with Crippen LogP contribution in [-0.4, -0.2) is 51.3 Å². The summed E-state index contributed by atoms with van der Waals surface area (Å²) in [7, 11) is 1.47.